The number of hydrogen-bond acceptors (Lipinski definition) is 5. The summed E-state index contributed by atoms with van der Waals surface area (Å²) in [6, 6.07) is 14.6. The lowest BCUT2D eigenvalue weighted by Gasteiger charge is -2.15. The summed E-state index contributed by atoms with van der Waals surface area (Å²) in [5.41, 5.74) is 3.89. The van der Waals surface area contributed by atoms with Gasteiger partial charge < -0.3 is 14.8 Å². The highest BCUT2D eigenvalue weighted by Crippen LogP contribution is 2.35. The predicted molar refractivity (Wildman–Crippen MR) is 151 cm³/mol. The van der Waals surface area contributed by atoms with Gasteiger partial charge in [-0.1, -0.05) is 41.4 Å². The molecule has 0 bridgehead atoms. The minimum absolute atomic E-state index is 0.0642. The van der Waals surface area contributed by atoms with Gasteiger partial charge in [0.1, 0.15) is 12.4 Å². The Morgan fingerprint density at radius 1 is 1.05 bits per heavy atom. The molecule has 0 aromatic heterocycles. The van der Waals surface area contributed by atoms with Crippen molar-refractivity contribution in [3.05, 3.63) is 85.2 Å². The molecule has 0 spiro atoms. The average Bonchev–Trinajstić information content (AvgIpc) is 2.85. The zero-order valence-corrected chi connectivity index (χ0v) is 23.4. The number of benzene rings is 3. The second-order valence-corrected chi connectivity index (χ2v) is 9.61. The van der Waals surface area contributed by atoms with Crippen LogP contribution in [0.4, 0.5) is 10.1 Å². The van der Waals surface area contributed by atoms with Crippen LogP contribution >= 0.6 is 45.8 Å². The number of amides is 2. The summed E-state index contributed by atoms with van der Waals surface area (Å²) in [6.45, 7) is 2.50. The van der Waals surface area contributed by atoms with Crippen LogP contribution in [0.25, 0.3) is 0 Å². The van der Waals surface area contributed by atoms with Crippen molar-refractivity contribution in [3.63, 3.8) is 0 Å². The quantitative estimate of drug-likeness (QED) is 0.138. The molecule has 0 aliphatic heterocycles. The molecule has 2 amide bonds. The first-order chi connectivity index (χ1) is 17.8. The van der Waals surface area contributed by atoms with Crippen molar-refractivity contribution in [2.75, 3.05) is 11.9 Å². The fourth-order valence-electron chi connectivity index (χ4n) is 3.09. The second-order valence-electron chi connectivity index (χ2n) is 7.61. The predicted octanol–water partition coefficient (Wildman–Crippen LogP) is 6.58. The van der Waals surface area contributed by atoms with E-state index in [0.29, 0.717) is 33.7 Å². The monoisotopic (exact) mass is 657 g/mol. The molecular weight excluding hydrogens is 635 g/mol. The molecule has 194 valence electrons. The highest BCUT2D eigenvalue weighted by molar-refractivity contribution is 14.1. The Hall–Kier alpha value is -2.89. The fraction of sp³-hybridized carbons (Fsp3) is 0.192. The number of para-hydroxylation sites is 1. The first-order valence-electron chi connectivity index (χ1n) is 11.2. The van der Waals surface area contributed by atoms with Crippen LogP contribution in [0.2, 0.25) is 10.0 Å². The van der Waals surface area contributed by atoms with Gasteiger partial charge in [0.25, 0.3) is 0 Å². The van der Waals surface area contributed by atoms with E-state index in [-0.39, 0.29) is 25.1 Å². The van der Waals surface area contributed by atoms with E-state index in [1.54, 1.807) is 30.3 Å². The number of carbonyl (C=O) groups is 2. The molecule has 3 aromatic rings. The number of nitrogens with zero attached hydrogens (tertiary/aromatic N) is 1. The van der Waals surface area contributed by atoms with E-state index in [9.17, 15) is 14.0 Å². The standard InChI is InChI=1S/C26H23Cl2FIN3O4/c1-2-36-23-12-16(11-21(30)26(23)37-15-17-7-8-18(27)13-19(17)28)14-31-33-25(35)10-9-24(34)32-22-6-4-3-5-20(22)29/h3-8,11-14H,2,9-10,15H2,1H3,(H,32,34)(H,33,35). The number of halogens is 4. The van der Waals surface area contributed by atoms with E-state index in [2.05, 4.69) is 38.4 Å². The molecule has 0 fully saturated rings. The molecule has 7 nitrogen and oxygen atoms in total. The van der Waals surface area contributed by atoms with Crippen molar-refractivity contribution in [1.82, 2.24) is 5.43 Å². The lowest BCUT2D eigenvalue weighted by molar-refractivity contribution is -0.124. The fourth-order valence-corrected chi connectivity index (χ4v) is 4.34. The van der Waals surface area contributed by atoms with Crippen LogP contribution in [0, 0.1) is 9.39 Å². The highest BCUT2D eigenvalue weighted by atomic mass is 127. The van der Waals surface area contributed by atoms with Crippen LogP contribution in [0.1, 0.15) is 30.9 Å². The lowest BCUT2D eigenvalue weighted by Crippen LogP contribution is -2.21. The molecule has 11 heteroatoms. The maximum Gasteiger partial charge on any atom is 0.240 e. The summed E-state index contributed by atoms with van der Waals surface area (Å²) in [7, 11) is 0. The molecule has 37 heavy (non-hydrogen) atoms. The Balaban J connectivity index is 1.57. The van der Waals surface area contributed by atoms with Gasteiger partial charge in [0.2, 0.25) is 11.8 Å². The zero-order valence-electron chi connectivity index (χ0n) is 19.7. The van der Waals surface area contributed by atoms with Crippen molar-refractivity contribution in [1.29, 1.82) is 0 Å². The van der Waals surface area contributed by atoms with Gasteiger partial charge in [0.15, 0.2) is 11.5 Å². The molecule has 3 aromatic carbocycles. The van der Waals surface area contributed by atoms with E-state index in [1.807, 2.05) is 13.0 Å². The number of nitrogens with one attached hydrogen (secondary N) is 2. The van der Waals surface area contributed by atoms with Crippen LogP contribution in [0.15, 0.2) is 59.7 Å². The molecule has 0 atom stereocenters. The molecule has 2 N–H and O–H groups in total. The van der Waals surface area contributed by atoms with E-state index in [4.69, 9.17) is 32.7 Å². The summed E-state index contributed by atoms with van der Waals surface area (Å²) in [6.07, 6.45) is 1.23. The maximum absolute atomic E-state index is 13.6. The Bertz CT molecular complexity index is 1310. The number of rotatable bonds is 11. The van der Waals surface area contributed by atoms with Crippen LogP contribution in [0.3, 0.4) is 0 Å². The molecule has 0 radical (unpaired) electrons. The zero-order chi connectivity index (χ0) is 26.8. The molecule has 0 saturated carbocycles. The van der Waals surface area contributed by atoms with Gasteiger partial charge in [-0.3, -0.25) is 9.59 Å². The molecule has 0 heterocycles. The SMILES string of the molecule is CCOc1cc(C=NNC(=O)CCC(=O)Nc2ccccc2F)cc(I)c1OCc1ccc(Cl)cc1Cl. The smallest absolute Gasteiger partial charge is 0.240 e. The highest BCUT2D eigenvalue weighted by Gasteiger charge is 2.14. The Morgan fingerprint density at radius 2 is 1.81 bits per heavy atom. The van der Waals surface area contributed by atoms with Crippen molar-refractivity contribution in [2.45, 2.75) is 26.4 Å². The third-order valence-corrected chi connectivity index (χ3v) is 6.24. The lowest BCUT2D eigenvalue weighted by atomic mass is 10.2. The topological polar surface area (TPSA) is 89.0 Å². The van der Waals surface area contributed by atoms with Gasteiger partial charge >= 0.3 is 0 Å². The number of carbonyl (C=O) groups excluding carboxylic acids is 2. The van der Waals surface area contributed by atoms with Gasteiger partial charge in [-0.05, 0) is 71.5 Å². The summed E-state index contributed by atoms with van der Waals surface area (Å²) < 4.78 is 26.1. The van der Waals surface area contributed by atoms with Crippen LogP contribution in [0.5, 0.6) is 11.5 Å². The number of hydrogen-bond donors (Lipinski definition) is 2. The van der Waals surface area contributed by atoms with Crippen molar-refractivity contribution in [2.24, 2.45) is 5.10 Å². The summed E-state index contributed by atoms with van der Waals surface area (Å²) >= 11 is 14.3. The van der Waals surface area contributed by atoms with Gasteiger partial charge in [0, 0.05) is 28.5 Å². The van der Waals surface area contributed by atoms with Crippen LogP contribution in [-0.4, -0.2) is 24.6 Å². The van der Waals surface area contributed by atoms with Crippen LogP contribution < -0.4 is 20.2 Å². The first kappa shape index (κ1) is 28.7. The Morgan fingerprint density at radius 3 is 2.54 bits per heavy atom. The summed E-state index contributed by atoms with van der Waals surface area (Å²) in [5, 5.41) is 7.43. The average molecular weight is 658 g/mol. The maximum atomic E-state index is 13.6. The van der Waals surface area contributed by atoms with Gasteiger partial charge in [-0.15, -0.1) is 0 Å². The molecule has 0 aliphatic carbocycles. The number of anilines is 1. The Kier molecular flexibility index (Phi) is 11.0. The number of ether oxygens (including phenoxy) is 2. The van der Waals surface area contributed by atoms with E-state index in [1.165, 1.54) is 24.4 Å². The molecule has 0 aliphatic rings. The van der Waals surface area contributed by atoms with Gasteiger partial charge in [-0.2, -0.15) is 5.10 Å². The third kappa shape index (κ3) is 8.87. The minimum atomic E-state index is -0.545. The van der Waals surface area contributed by atoms with Crippen molar-refractivity contribution < 1.29 is 23.5 Å². The van der Waals surface area contributed by atoms with Gasteiger partial charge in [0.05, 0.1) is 22.1 Å². The molecule has 3 rings (SSSR count). The van der Waals surface area contributed by atoms with E-state index in [0.717, 1.165) is 9.13 Å². The summed E-state index contributed by atoms with van der Waals surface area (Å²) in [4.78, 5) is 24.0. The van der Waals surface area contributed by atoms with Crippen molar-refractivity contribution in [3.8, 4) is 11.5 Å². The second kappa shape index (κ2) is 14.2. The van der Waals surface area contributed by atoms with Gasteiger partial charge in [-0.25, -0.2) is 9.82 Å². The Labute approximate surface area is 237 Å². The third-order valence-electron chi connectivity index (χ3n) is 4.85. The van der Waals surface area contributed by atoms with Crippen molar-refractivity contribution >= 4 is 69.5 Å². The van der Waals surface area contributed by atoms with Crippen LogP contribution in [-0.2, 0) is 16.2 Å². The molecular formula is C26H23Cl2FIN3O4. The van der Waals surface area contributed by atoms with E-state index < -0.39 is 17.6 Å². The minimum Gasteiger partial charge on any atom is -0.490 e. The number of hydrazone groups is 1. The van der Waals surface area contributed by atoms with E-state index >= 15 is 0 Å². The summed E-state index contributed by atoms with van der Waals surface area (Å²) in [5.74, 6) is -0.418. The largest absolute Gasteiger partial charge is 0.490 e. The molecule has 0 saturated heterocycles. The normalized spacial score (nSPS) is 10.8. The first-order valence-corrected chi connectivity index (χ1v) is 13.0. The molecule has 0 unspecified atom stereocenters.